The highest BCUT2D eigenvalue weighted by molar-refractivity contribution is 6.02. The van der Waals surface area contributed by atoms with Crippen LogP contribution in [-0.2, 0) is 12.8 Å². The van der Waals surface area contributed by atoms with Gasteiger partial charge in [-0.05, 0) is 49.4 Å². The summed E-state index contributed by atoms with van der Waals surface area (Å²) in [5.74, 6) is 0.374. The standard InChI is InChI=1S/C16H18N4O/c1-2-18-15-10-17-9-14(20-15)16(21)19-13-7-6-11-4-3-5-12(11)8-13/h6-10H,2-5H2,1H3,(H,18,20)(H,19,21). The quantitative estimate of drug-likeness (QED) is 0.904. The first-order chi connectivity index (χ1) is 10.3. The molecule has 0 saturated carbocycles. The van der Waals surface area contributed by atoms with Gasteiger partial charge in [0, 0.05) is 12.2 Å². The maximum absolute atomic E-state index is 12.2. The van der Waals surface area contributed by atoms with E-state index in [0.717, 1.165) is 25.1 Å². The third-order valence-corrected chi connectivity index (χ3v) is 3.58. The molecule has 0 atom stereocenters. The summed E-state index contributed by atoms with van der Waals surface area (Å²) in [4.78, 5) is 20.5. The van der Waals surface area contributed by atoms with Crippen LogP contribution in [0, 0.1) is 0 Å². The second kappa shape index (κ2) is 5.91. The highest BCUT2D eigenvalue weighted by Gasteiger charge is 2.13. The molecule has 0 radical (unpaired) electrons. The Balaban J connectivity index is 1.75. The molecule has 0 saturated heterocycles. The molecule has 0 fully saturated rings. The van der Waals surface area contributed by atoms with Crippen LogP contribution in [0.2, 0.25) is 0 Å². The number of aryl methyl sites for hydroxylation is 2. The maximum atomic E-state index is 12.2. The molecule has 5 nitrogen and oxygen atoms in total. The van der Waals surface area contributed by atoms with Crippen molar-refractivity contribution in [1.29, 1.82) is 0 Å². The minimum absolute atomic E-state index is 0.236. The molecule has 0 unspecified atom stereocenters. The zero-order chi connectivity index (χ0) is 14.7. The number of amides is 1. The average molecular weight is 282 g/mol. The van der Waals surface area contributed by atoms with E-state index in [1.54, 1.807) is 6.20 Å². The van der Waals surface area contributed by atoms with Crippen molar-refractivity contribution in [1.82, 2.24) is 9.97 Å². The Morgan fingerprint density at radius 1 is 1.24 bits per heavy atom. The molecular formula is C16H18N4O. The van der Waals surface area contributed by atoms with Gasteiger partial charge in [-0.2, -0.15) is 0 Å². The molecule has 0 aliphatic heterocycles. The summed E-state index contributed by atoms with van der Waals surface area (Å²) in [5.41, 5.74) is 3.85. The molecule has 21 heavy (non-hydrogen) atoms. The van der Waals surface area contributed by atoms with E-state index in [1.165, 1.54) is 23.7 Å². The van der Waals surface area contributed by atoms with Crippen molar-refractivity contribution in [2.45, 2.75) is 26.2 Å². The summed E-state index contributed by atoms with van der Waals surface area (Å²) in [5, 5.41) is 5.94. The van der Waals surface area contributed by atoms with Crippen LogP contribution in [0.5, 0.6) is 0 Å². The Labute approximate surface area is 123 Å². The molecule has 0 bridgehead atoms. The molecular weight excluding hydrogens is 264 g/mol. The van der Waals surface area contributed by atoms with Crippen molar-refractivity contribution in [3.8, 4) is 0 Å². The van der Waals surface area contributed by atoms with Gasteiger partial charge >= 0.3 is 0 Å². The van der Waals surface area contributed by atoms with Gasteiger partial charge in [-0.15, -0.1) is 0 Å². The minimum atomic E-state index is -0.236. The Morgan fingerprint density at radius 2 is 2.10 bits per heavy atom. The second-order valence-electron chi connectivity index (χ2n) is 5.11. The van der Waals surface area contributed by atoms with Gasteiger partial charge in [-0.25, -0.2) is 4.98 Å². The van der Waals surface area contributed by atoms with Gasteiger partial charge < -0.3 is 10.6 Å². The van der Waals surface area contributed by atoms with Crippen LogP contribution in [0.25, 0.3) is 0 Å². The summed E-state index contributed by atoms with van der Waals surface area (Å²) >= 11 is 0. The third-order valence-electron chi connectivity index (χ3n) is 3.58. The van der Waals surface area contributed by atoms with Gasteiger partial charge in [0.2, 0.25) is 0 Å². The normalized spacial score (nSPS) is 12.8. The number of aromatic nitrogens is 2. The maximum Gasteiger partial charge on any atom is 0.275 e. The first kappa shape index (κ1) is 13.5. The van der Waals surface area contributed by atoms with Crippen LogP contribution in [-0.4, -0.2) is 22.4 Å². The van der Waals surface area contributed by atoms with Crippen molar-refractivity contribution in [3.63, 3.8) is 0 Å². The Kier molecular flexibility index (Phi) is 3.81. The van der Waals surface area contributed by atoms with Crippen LogP contribution < -0.4 is 10.6 Å². The lowest BCUT2D eigenvalue weighted by Gasteiger charge is -2.08. The van der Waals surface area contributed by atoms with E-state index in [9.17, 15) is 4.79 Å². The summed E-state index contributed by atoms with van der Waals surface area (Å²) in [6.45, 7) is 2.71. The predicted molar refractivity (Wildman–Crippen MR) is 82.6 cm³/mol. The van der Waals surface area contributed by atoms with Gasteiger partial charge in [0.25, 0.3) is 5.91 Å². The van der Waals surface area contributed by atoms with E-state index in [4.69, 9.17) is 0 Å². The number of benzene rings is 1. The molecule has 3 rings (SSSR count). The fraction of sp³-hybridized carbons (Fsp3) is 0.312. The molecule has 1 aromatic heterocycles. The van der Waals surface area contributed by atoms with E-state index in [1.807, 2.05) is 13.0 Å². The first-order valence-corrected chi connectivity index (χ1v) is 7.25. The van der Waals surface area contributed by atoms with Crippen molar-refractivity contribution in [2.24, 2.45) is 0 Å². The predicted octanol–water partition coefficient (Wildman–Crippen LogP) is 2.65. The van der Waals surface area contributed by atoms with Gasteiger partial charge in [0.1, 0.15) is 11.5 Å². The van der Waals surface area contributed by atoms with Crippen LogP contribution in [0.3, 0.4) is 0 Å². The topological polar surface area (TPSA) is 66.9 Å². The largest absolute Gasteiger partial charge is 0.369 e. The van der Waals surface area contributed by atoms with Crippen LogP contribution in [0.1, 0.15) is 35.0 Å². The van der Waals surface area contributed by atoms with E-state index in [0.29, 0.717) is 11.5 Å². The molecule has 2 aromatic rings. The van der Waals surface area contributed by atoms with E-state index < -0.39 is 0 Å². The van der Waals surface area contributed by atoms with Crippen molar-refractivity contribution >= 4 is 17.4 Å². The smallest absolute Gasteiger partial charge is 0.275 e. The average Bonchev–Trinajstić information content (AvgIpc) is 2.95. The lowest BCUT2D eigenvalue weighted by Crippen LogP contribution is -2.15. The Bertz CT molecular complexity index is 669. The van der Waals surface area contributed by atoms with E-state index >= 15 is 0 Å². The highest BCUT2D eigenvalue weighted by Crippen LogP contribution is 2.25. The molecule has 1 aromatic carbocycles. The summed E-state index contributed by atoms with van der Waals surface area (Å²) in [6, 6.07) is 6.10. The monoisotopic (exact) mass is 282 g/mol. The number of nitrogens with one attached hydrogen (secondary N) is 2. The summed E-state index contributed by atoms with van der Waals surface area (Å²) in [7, 11) is 0. The fourth-order valence-electron chi connectivity index (χ4n) is 2.59. The number of nitrogens with zero attached hydrogens (tertiary/aromatic N) is 2. The number of hydrogen-bond acceptors (Lipinski definition) is 4. The molecule has 5 heteroatoms. The number of hydrogen-bond donors (Lipinski definition) is 2. The molecule has 108 valence electrons. The molecule has 1 aliphatic rings. The molecule has 1 aliphatic carbocycles. The zero-order valence-electron chi connectivity index (χ0n) is 12.0. The number of fused-ring (bicyclic) bond motifs is 1. The van der Waals surface area contributed by atoms with Crippen molar-refractivity contribution < 1.29 is 4.79 Å². The molecule has 1 heterocycles. The van der Waals surface area contributed by atoms with Crippen LogP contribution in [0.4, 0.5) is 11.5 Å². The second-order valence-corrected chi connectivity index (χ2v) is 5.11. The van der Waals surface area contributed by atoms with Gasteiger partial charge in [-0.3, -0.25) is 9.78 Å². The molecule has 1 amide bonds. The number of anilines is 2. The van der Waals surface area contributed by atoms with Gasteiger partial charge in [0.05, 0.1) is 12.4 Å². The highest BCUT2D eigenvalue weighted by atomic mass is 16.1. The lowest BCUT2D eigenvalue weighted by molar-refractivity contribution is 0.102. The Morgan fingerprint density at radius 3 is 2.95 bits per heavy atom. The number of carbonyl (C=O) groups excluding carboxylic acids is 1. The number of carbonyl (C=O) groups is 1. The van der Waals surface area contributed by atoms with Crippen molar-refractivity contribution in [2.75, 3.05) is 17.2 Å². The number of rotatable bonds is 4. The fourth-order valence-corrected chi connectivity index (χ4v) is 2.59. The molecule has 0 spiro atoms. The SMILES string of the molecule is CCNc1cncc(C(=O)Nc2ccc3c(c2)CCC3)n1. The van der Waals surface area contributed by atoms with Crippen LogP contribution >= 0.6 is 0 Å². The van der Waals surface area contributed by atoms with Gasteiger partial charge in [-0.1, -0.05) is 6.07 Å². The first-order valence-electron chi connectivity index (χ1n) is 7.25. The van der Waals surface area contributed by atoms with Gasteiger partial charge in [0.15, 0.2) is 0 Å². The Hall–Kier alpha value is -2.43. The van der Waals surface area contributed by atoms with Crippen molar-refractivity contribution in [3.05, 3.63) is 47.4 Å². The molecule has 2 N–H and O–H groups in total. The summed E-state index contributed by atoms with van der Waals surface area (Å²) < 4.78 is 0. The third kappa shape index (κ3) is 3.02. The lowest BCUT2D eigenvalue weighted by atomic mass is 10.1. The minimum Gasteiger partial charge on any atom is -0.369 e. The van der Waals surface area contributed by atoms with E-state index in [-0.39, 0.29) is 5.91 Å². The summed E-state index contributed by atoms with van der Waals surface area (Å²) in [6.07, 6.45) is 6.51. The zero-order valence-corrected chi connectivity index (χ0v) is 12.0. The van der Waals surface area contributed by atoms with Crippen LogP contribution in [0.15, 0.2) is 30.6 Å². The van der Waals surface area contributed by atoms with E-state index in [2.05, 4.69) is 32.7 Å².